The van der Waals surface area contributed by atoms with Crippen molar-refractivity contribution in [1.82, 2.24) is 0 Å². The Bertz CT molecular complexity index is 381. The molecule has 0 aromatic heterocycles. The summed E-state index contributed by atoms with van der Waals surface area (Å²) in [6.07, 6.45) is 1.55. The predicted molar refractivity (Wildman–Crippen MR) is 71.9 cm³/mol. The number of rotatable bonds is 4. The van der Waals surface area contributed by atoms with E-state index in [-0.39, 0.29) is 5.91 Å². The van der Waals surface area contributed by atoms with E-state index in [4.69, 9.17) is 11.6 Å². The van der Waals surface area contributed by atoms with Gasteiger partial charge in [-0.2, -0.15) is 0 Å². The molecule has 16 heavy (non-hydrogen) atoms. The zero-order chi connectivity index (χ0) is 12.1. The van der Waals surface area contributed by atoms with Crippen LogP contribution in [0.2, 0.25) is 5.02 Å². The molecule has 0 spiro atoms. The van der Waals surface area contributed by atoms with Crippen LogP contribution in [0.5, 0.6) is 0 Å². The van der Waals surface area contributed by atoms with E-state index in [1.807, 2.05) is 12.1 Å². The van der Waals surface area contributed by atoms with Crippen molar-refractivity contribution in [3.8, 4) is 0 Å². The van der Waals surface area contributed by atoms with Crippen LogP contribution in [0.1, 0.15) is 26.7 Å². The van der Waals surface area contributed by atoms with Crippen molar-refractivity contribution in [2.45, 2.75) is 26.7 Å². The molecule has 0 saturated carbocycles. The molecule has 1 aromatic rings. The van der Waals surface area contributed by atoms with Crippen molar-refractivity contribution in [1.29, 1.82) is 0 Å². The van der Waals surface area contributed by atoms with Crippen LogP contribution in [0.15, 0.2) is 22.7 Å². The van der Waals surface area contributed by atoms with Gasteiger partial charge >= 0.3 is 0 Å². The molecule has 1 unspecified atom stereocenters. The standard InChI is InChI=1S/C12H15BrClNO/c1-3-8(2)6-12(16)15-9-4-5-10(13)11(14)7-9/h4-5,7-8H,3,6H2,1-2H3,(H,15,16). The summed E-state index contributed by atoms with van der Waals surface area (Å²) < 4.78 is 0.828. The second-order valence-electron chi connectivity index (χ2n) is 3.89. The quantitative estimate of drug-likeness (QED) is 0.873. The van der Waals surface area contributed by atoms with Gasteiger partial charge in [-0.05, 0) is 40.0 Å². The van der Waals surface area contributed by atoms with Gasteiger partial charge in [0.15, 0.2) is 0 Å². The molecule has 1 aromatic carbocycles. The largest absolute Gasteiger partial charge is 0.326 e. The van der Waals surface area contributed by atoms with Crippen molar-refractivity contribution < 1.29 is 4.79 Å². The lowest BCUT2D eigenvalue weighted by Crippen LogP contribution is -2.14. The number of amides is 1. The molecule has 1 atom stereocenters. The summed E-state index contributed by atoms with van der Waals surface area (Å²) in [5.74, 6) is 0.443. The molecule has 0 aliphatic heterocycles. The van der Waals surface area contributed by atoms with Crippen molar-refractivity contribution in [2.24, 2.45) is 5.92 Å². The first-order chi connectivity index (χ1) is 7.52. The highest BCUT2D eigenvalue weighted by atomic mass is 79.9. The average Bonchev–Trinajstić information content (AvgIpc) is 2.23. The molecule has 0 aliphatic rings. The summed E-state index contributed by atoms with van der Waals surface area (Å²) in [6, 6.07) is 5.38. The molecule has 0 radical (unpaired) electrons. The molecule has 2 nitrogen and oxygen atoms in total. The first-order valence-electron chi connectivity index (χ1n) is 5.27. The van der Waals surface area contributed by atoms with E-state index in [1.54, 1.807) is 6.07 Å². The Morgan fingerprint density at radius 3 is 2.81 bits per heavy atom. The first kappa shape index (κ1) is 13.5. The number of carbonyl (C=O) groups excluding carboxylic acids is 1. The Labute approximate surface area is 110 Å². The van der Waals surface area contributed by atoms with Gasteiger partial charge in [0.1, 0.15) is 0 Å². The van der Waals surface area contributed by atoms with Crippen LogP contribution in [0.25, 0.3) is 0 Å². The fourth-order valence-electron chi connectivity index (χ4n) is 1.25. The van der Waals surface area contributed by atoms with Gasteiger partial charge in [0.25, 0.3) is 0 Å². The van der Waals surface area contributed by atoms with E-state index in [1.165, 1.54) is 0 Å². The Kier molecular flexibility index (Phi) is 5.29. The van der Waals surface area contributed by atoms with Gasteiger partial charge in [0.05, 0.1) is 5.02 Å². The molecule has 0 fully saturated rings. The minimum Gasteiger partial charge on any atom is -0.326 e. The van der Waals surface area contributed by atoms with Crippen molar-refractivity contribution in [2.75, 3.05) is 5.32 Å². The summed E-state index contributed by atoms with van der Waals surface area (Å²) >= 11 is 9.23. The number of benzene rings is 1. The maximum Gasteiger partial charge on any atom is 0.224 e. The lowest BCUT2D eigenvalue weighted by molar-refractivity contribution is -0.117. The molecular formula is C12H15BrClNO. The molecule has 4 heteroatoms. The summed E-state index contributed by atoms with van der Waals surface area (Å²) in [5.41, 5.74) is 0.738. The lowest BCUT2D eigenvalue weighted by atomic mass is 10.1. The Hall–Kier alpha value is -0.540. The zero-order valence-electron chi connectivity index (χ0n) is 9.39. The highest BCUT2D eigenvalue weighted by molar-refractivity contribution is 9.10. The van der Waals surface area contributed by atoms with Gasteiger partial charge < -0.3 is 5.32 Å². The maximum atomic E-state index is 11.6. The molecule has 88 valence electrons. The first-order valence-corrected chi connectivity index (χ1v) is 6.45. The Morgan fingerprint density at radius 2 is 2.25 bits per heavy atom. The molecule has 0 saturated heterocycles. The van der Waals surface area contributed by atoms with Crippen LogP contribution >= 0.6 is 27.5 Å². The summed E-state index contributed by atoms with van der Waals surface area (Å²) in [4.78, 5) is 11.6. The molecule has 0 bridgehead atoms. The zero-order valence-corrected chi connectivity index (χ0v) is 11.7. The molecule has 0 heterocycles. The van der Waals surface area contributed by atoms with E-state index in [0.29, 0.717) is 17.4 Å². The van der Waals surface area contributed by atoms with Crippen LogP contribution < -0.4 is 5.32 Å². The predicted octanol–water partition coefficient (Wildman–Crippen LogP) is 4.48. The van der Waals surface area contributed by atoms with Crippen LogP contribution in [0, 0.1) is 5.92 Å². The highest BCUT2D eigenvalue weighted by Gasteiger charge is 2.08. The van der Waals surface area contributed by atoms with E-state index in [9.17, 15) is 4.79 Å². The van der Waals surface area contributed by atoms with Crippen LogP contribution in [0.4, 0.5) is 5.69 Å². The summed E-state index contributed by atoms with van der Waals surface area (Å²) in [7, 11) is 0. The average molecular weight is 305 g/mol. The highest BCUT2D eigenvalue weighted by Crippen LogP contribution is 2.25. The molecular weight excluding hydrogens is 289 g/mol. The van der Waals surface area contributed by atoms with Gasteiger partial charge in [0, 0.05) is 16.6 Å². The number of anilines is 1. The molecule has 1 N–H and O–H groups in total. The Morgan fingerprint density at radius 1 is 1.56 bits per heavy atom. The Balaban J connectivity index is 2.59. The third kappa shape index (κ3) is 4.14. The maximum absolute atomic E-state index is 11.6. The second-order valence-corrected chi connectivity index (χ2v) is 5.16. The molecule has 0 aliphatic carbocycles. The monoisotopic (exact) mass is 303 g/mol. The molecule has 1 amide bonds. The second kappa shape index (κ2) is 6.26. The summed E-state index contributed by atoms with van der Waals surface area (Å²) in [5, 5.41) is 3.43. The van der Waals surface area contributed by atoms with Crippen LogP contribution in [-0.2, 0) is 4.79 Å². The topological polar surface area (TPSA) is 29.1 Å². The van der Waals surface area contributed by atoms with Gasteiger partial charge in [-0.3, -0.25) is 4.79 Å². The van der Waals surface area contributed by atoms with E-state index in [0.717, 1.165) is 16.6 Å². The fourth-order valence-corrected chi connectivity index (χ4v) is 1.67. The van der Waals surface area contributed by atoms with E-state index < -0.39 is 0 Å². The third-order valence-corrected chi connectivity index (χ3v) is 3.67. The van der Waals surface area contributed by atoms with Crippen LogP contribution in [0.3, 0.4) is 0 Å². The van der Waals surface area contributed by atoms with Gasteiger partial charge in [-0.25, -0.2) is 0 Å². The van der Waals surface area contributed by atoms with Crippen LogP contribution in [-0.4, -0.2) is 5.91 Å². The van der Waals surface area contributed by atoms with E-state index >= 15 is 0 Å². The molecule has 1 rings (SSSR count). The number of carbonyl (C=O) groups is 1. The SMILES string of the molecule is CCC(C)CC(=O)Nc1ccc(Br)c(Cl)c1. The fraction of sp³-hybridized carbons (Fsp3) is 0.417. The summed E-state index contributed by atoms with van der Waals surface area (Å²) in [6.45, 7) is 4.14. The smallest absolute Gasteiger partial charge is 0.224 e. The number of halogens is 2. The van der Waals surface area contributed by atoms with Crippen molar-refractivity contribution >= 4 is 39.1 Å². The lowest BCUT2D eigenvalue weighted by Gasteiger charge is -2.09. The van der Waals surface area contributed by atoms with Gasteiger partial charge in [-0.1, -0.05) is 31.9 Å². The van der Waals surface area contributed by atoms with Crippen molar-refractivity contribution in [3.05, 3.63) is 27.7 Å². The number of hydrogen-bond donors (Lipinski definition) is 1. The third-order valence-electron chi connectivity index (χ3n) is 2.43. The van der Waals surface area contributed by atoms with Gasteiger partial charge in [0.2, 0.25) is 5.91 Å². The number of hydrogen-bond acceptors (Lipinski definition) is 1. The van der Waals surface area contributed by atoms with Gasteiger partial charge in [-0.15, -0.1) is 0 Å². The van der Waals surface area contributed by atoms with E-state index in [2.05, 4.69) is 35.1 Å². The van der Waals surface area contributed by atoms with Crippen molar-refractivity contribution in [3.63, 3.8) is 0 Å². The minimum absolute atomic E-state index is 0.0349. The number of nitrogens with one attached hydrogen (secondary N) is 1. The minimum atomic E-state index is 0.0349. The normalized spacial score (nSPS) is 12.2.